The third kappa shape index (κ3) is 3.55. The van der Waals surface area contributed by atoms with Crippen molar-refractivity contribution >= 4 is 39.1 Å². The smallest absolute Gasteiger partial charge is 0.291 e. The predicted octanol–water partition coefficient (Wildman–Crippen LogP) is 4.81. The van der Waals surface area contributed by atoms with Crippen molar-refractivity contribution in [3.05, 3.63) is 68.8 Å². The van der Waals surface area contributed by atoms with Gasteiger partial charge >= 0.3 is 0 Å². The second kappa shape index (κ2) is 6.83. The van der Waals surface area contributed by atoms with E-state index in [1.54, 1.807) is 12.1 Å². The lowest BCUT2D eigenvalue weighted by molar-refractivity contribution is 0.0995. The second-order valence-electron chi connectivity index (χ2n) is 5.39. The molecule has 3 aromatic rings. The predicted molar refractivity (Wildman–Crippen MR) is 96.6 cm³/mol. The van der Waals surface area contributed by atoms with Crippen molar-refractivity contribution in [1.82, 2.24) is 9.78 Å². The zero-order valence-electron chi connectivity index (χ0n) is 13.1. The number of benzene rings is 1. The van der Waals surface area contributed by atoms with Gasteiger partial charge < -0.3 is 9.73 Å². The van der Waals surface area contributed by atoms with Crippen molar-refractivity contribution in [2.45, 2.75) is 20.4 Å². The van der Waals surface area contributed by atoms with Crippen LogP contribution in [0.25, 0.3) is 0 Å². The number of furan rings is 1. The summed E-state index contributed by atoms with van der Waals surface area (Å²) in [4.78, 5) is 12.3. The topological polar surface area (TPSA) is 60.1 Å². The molecule has 0 fully saturated rings. The van der Waals surface area contributed by atoms with Gasteiger partial charge in [0.2, 0.25) is 0 Å². The number of hydrogen-bond acceptors (Lipinski definition) is 3. The minimum Gasteiger partial charge on any atom is -0.444 e. The third-order valence-corrected chi connectivity index (χ3v) is 4.30. The van der Waals surface area contributed by atoms with E-state index in [4.69, 9.17) is 16.0 Å². The Kier molecular flexibility index (Phi) is 4.78. The normalized spacial score (nSPS) is 10.8. The van der Waals surface area contributed by atoms with Crippen LogP contribution in [0.2, 0.25) is 5.02 Å². The highest BCUT2D eigenvalue weighted by molar-refractivity contribution is 9.10. The van der Waals surface area contributed by atoms with Gasteiger partial charge in [-0.3, -0.25) is 9.48 Å². The maximum atomic E-state index is 12.3. The molecule has 1 amide bonds. The molecular formula is C17H15BrClN3O2. The van der Waals surface area contributed by atoms with Crippen LogP contribution in [-0.4, -0.2) is 15.7 Å². The zero-order chi connectivity index (χ0) is 17.3. The molecule has 0 aliphatic carbocycles. The van der Waals surface area contributed by atoms with Gasteiger partial charge in [-0.05, 0) is 59.6 Å². The summed E-state index contributed by atoms with van der Waals surface area (Å²) in [6.45, 7) is 4.35. The summed E-state index contributed by atoms with van der Waals surface area (Å²) in [5, 5.41) is 8.05. The molecule has 2 aromatic heterocycles. The van der Waals surface area contributed by atoms with Crippen LogP contribution in [0.15, 0.2) is 45.5 Å². The molecule has 0 spiro atoms. The Morgan fingerprint density at radius 2 is 2.12 bits per heavy atom. The van der Waals surface area contributed by atoms with E-state index in [1.807, 2.05) is 42.8 Å². The first-order valence-corrected chi connectivity index (χ1v) is 8.46. The van der Waals surface area contributed by atoms with E-state index < -0.39 is 0 Å². The van der Waals surface area contributed by atoms with Gasteiger partial charge in [-0.25, -0.2) is 0 Å². The van der Waals surface area contributed by atoms with Crippen molar-refractivity contribution in [1.29, 1.82) is 0 Å². The lowest BCUT2D eigenvalue weighted by Crippen LogP contribution is -2.12. The number of carbonyl (C=O) groups is 1. The average molecular weight is 409 g/mol. The quantitative estimate of drug-likeness (QED) is 0.674. The Bertz CT molecular complexity index is 901. The molecule has 24 heavy (non-hydrogen) atoms. The van der Waals surface area contributed by atoms with Crippen molar-refractivity contribution in [2.24, 2.45) is 0 Å². The second-order valence-corrected chi connectivity index (χ2v) is 6.61. The summed E-state index contributed by atoms with van der Waals surface area (Å²) in [6.07, 6.45) is 0. The van der Waals surface area contributed by atoms with Gasteiger partial charge in [0.1, 0.15) is 0 Å². The maximum absolute atomic E-state index is 12.3. The molecule has 2 heterocycles. The van der Waals surface area contributed by atoms with Crippen LogP contribution in [0.5, 0.6) is 0 Å². The number of aryl methyl sites for hydroxylation is 1. The fraction of sp³-hybridized carbons (Fsp3) is 0.176. The molecule has 0 unspecified atom stereocenters. The van der Waals surface area contributed by atoms with E-state index in [0.29, 0.717) is 21.9 Å². The number of hydrogen-bond donors (Lipinski definition) is 1. The van der Waals surface area contributed by atoms with Crippen molar-refractivity contribution in [3.8, 4) is 0 Å². The number of halogens is 2. The summed E-state index contributed by atoms with van der Waals surface area (Å²) < 4.78 is 7.63. The van der Waals surface area contributed by atoms with Crippen LogP contribution in [0.1, 0.15) is 27.5 Å². The molecule has 7 heteroatoms. The van der Waals surface area contributed by atoms with Gasteiger partial charge in [0.25, 0.3) is 5.91 Å². The molecule has 0 saturated heterocycles. The van der Waals surface area contributed by atoms with Crippen molar-refractivity contribution in [3.63, 3.8) is 0 Å². The van der Waals surface area contributed by atoms with Gasteiger partial charge in [0.05, 0.1) is 23.6 Å². The van der Waals surface area contributed by atoms with Crippen LogP contribution in [-0.2, 0) is 6.54 Å². The number of nitrogens with zero attached hydrogens (tertiary/aromatic N) is 2. The van der Waals surface area contributed by atoms with Crippen molar-refractivity contribution in [2.75, 3.05) is 5.32 Å². The van der Waals surface area contributed by atoms with E-state index in [2.05, 4.69) is 26.3 Å². The van der Waals surface area contributed by atoms with Crippen LogP contribution in [0.4, 0.5) is 5.69 Å². The van der Waals surface area contributed by atoms with Crippen molar-refractivity contribution < 1.29 is 9.21 Å². The van der Waals surface area contributed by atoms with Gasteiger partial charge in [0.15, 0.2) is 10.4 Å². The molecule has 5 nitrogen and oxygen atoms in total. The lowest BCUT2D eigenvalue weighted by Gasteiger charge is -2.07. The van der Waals surface area contributed by atoms with E-state index >= 15 is 0 Å². The first-order valence-electron chi connectivity index (χ1n) is 7.29. The number of rotatable bonds is 4. The molecule has 124 valence electrons. The maximum Gasteiger partial charge on any atom is 0.291 e. The highest BCUT2D eigenvalue weighted by Crippen LogP contribution is 2.23. The van der Waals surface area contributed by atoms with Gasteiger partial charge in [-0.1, -0.05) is 23.7 Å². The Morgan fingerprint density at radius 1 is 1.33 bits per heavy atom. The molecule has 1 N–H and O–H groups in total. The molecular weight excluding hydrogens is 394 g/mol. The number of amides is 1. The summed E-state index contributed by atoms with van der Waals surface area (Å²) in [5.74, 6) is -0.0718. The van der Waals surface area contributed by atoms with E-state index in [9.17, 15) is 4.79 Å². The highest BCUT2D eigenvalue weighted by Gasteiger charge is 2.17. The highest BCUT2D eigenvalue weighted by atomic mass is 79.9. The fourth-order valence-corrected chi connectivity index (χ4v) is 2.97. The monoisotopic (exact) mass is 407 g/mol. The third-order valence-electron chi connectivity index (χ3n) is 3.64. The van der Waals surface area contributed by atoms with Gasteiger partial charge in [-0.15, -0.1) is 0 Å². The van der Waals surface area contributed by atoms with Crippen LogP contribution in [0.3, 0.4) is 0 Å². The molecule has 1 aromatic carbocycles. The molecule has 0 aliphatic heterocycles. The minimum atomic E-state index is -0.311. The van der Waals surface area contributed by atoms with E-state index in [1.165, 1.54) is 0 Å². The van der Waals surface area contributed by atoms with Gasteiger partial charge in [-0.2, -0.15) is 5.10 Å². The molecule has 0 atom stereocenters. The zero-order valence-corrected chi connectivity index (χ0v) is 15.5. The number of nitrogens with one attached hydrogen (secondary N) is 1. The minimum absolute atomic E-state index is 0.239. The first-order chi connectivity index (χ1) is 11.4. The van der Waals surface area contributed by atoms with Crippen LogP contribution in [0, 0.1) is 13.8 Å². The Labute approximate surface area is 152 Å². The first kappa shape index (κ1) is 16.8. The fourth-order valence-electron chi connectivity index (χ4n) is 2.45. The summed E-state index contributed by atoms with van der Waals surface area (Å²) >= 11 is 9.21. The summed E-state index contributed by atoms with van der Waals surface area (Å²) in [7, 11) is 0. The number of carbonyl (C=O) groups excluding carboxylic acids is 1. The Morgan fingerprint density at radius 3 is 2.79 bits per heavy atom. The van der Waals surface area contributed by atoms with Crippen LogP contribution >= 0.6 is 27.5 Å². The Hall–Kier alpha value is -2.05. The SMILES string of the molecule is Cc1nn(Cc2cccc(Cl)c2)c(C)c1NC(=O)c1ccc(Br)o1. The molecule has 0 saturated carbocycles. The molecule has 0 radical (unpaired) electrons. The standard InChI is InChI=1S/C17H15BrClN3O2/c1-10-16(20-17(23)14-6-7-15(18)24-14)11(2)22(21-10)9-12-4-3-5-13(19)8-12/h3-8H,9H2,1-2H3,(H,20,23). The van der Waals surface area contributed by atoms with Gasteiger partial charge in [0, 0.05) is 5.02 Å². The Balaban J connectivity index is 1.82. The summed E-state index contributed by atoms with van der Waals surface area (Å²) in [5.41, 5.74) is 3.34. The van der Waals surface area contributed by atoms with E-state index in [-0.39, 0.29) is 11.7 Å². The molecule has 0 bridgehead atoms. The largest absolute Gasteiger partial charge is 0.444 e. The number of aromatic nitrogens is 2. The van der Waals surface area contributed by atoms with E-state index in [0.717, 1.165) is 17.0 Å². The lowest BCUT2D eigenvalue weighted by atomic mass is 10.2. The number of anilines is 1. The molecule has 3 rings (SSSR count). The molecule has 0 aliphatic rings. The summed E-state index contributed by atoms with van der Waals surface area (Å²) in [6, 6.07) is 10.9. The van der Waals surface area contributed by atoms with Crippen LogP contribution < -0.4 is 5.32 Å². The average Bonchev–Trinajstić information content (AvgIpc) is 3.07.